The van der Waals surface area contributed by atoms with Crippen LogP contribution in [-0.4, -0.2) is 50.6 Å². The van der Waals surface area contributed by atoms with Gasteiger partial charge in [-0.15, -0.1) is 0 Å². The molecule has 29 heavy (non-hydrogen) atoms. The first kappa shape index (κ1) is 23.1. The first-order chi connectivity index (χ1) is 13.9. The van der Waals surface area contributed by atoms with Crippen LogP contribution in [0.15, 0.2) is 12.7 Å². The molecule has 0 saturated carbocycles. The van der Waals surface area contributed by atoms with Gasteiger partial charge in [0.2, 0.25) is 0 Å². The van der Waals surface area contributed by atoms with Crippen molar-refractivity contribution >= 4 is 30.9 Å². The Morgan fingerprint density at radius 3 is 2.83 bits per heavy atom. The zero-order valence-corrected chi connectivity index (χ0v) is 18.1. The topological polar surface area (TPSA) is 134 Å². The number of nitrogen functional groups attached to an aromatic ring is 1. The number of anilines is 1. The van der Waals surface area contributed by atoms with Gasteiger partial charge in [-0.2, -0.15) is 0 Å². The number of hydrogen-bond acceptors (Lipinski definition) is 8. The van der Waals surface area contributed by atoms with Crippen LogP contribution < -0.4 is 10.8 Å². The maximum Gasteiger partial charge on any atom is 0.461 e. The van der Waals surface area contributed by atoms with Crippen LogP contribution in [0, 0.1) is 0 Å². The quantitative estimate of drug-likeness (QED) is 0.282. The van der Waals surface area contributed by atoms with Gasteiger partial charge in [0, 0.05) is 0 Å². The van der Waals surface area contributed by atoms with E-state index in [0.29, 0.717) is 30.1 Å². The lowest BCUT2D eigenvalue weighted by Gasteiger charge is -2.11. The molecule has 2 rings (SSSR count). The highest BCUT2D eigenvalue weighted by Crippen LogP contribution is 2.19. The molecule has 0 radical (unpaired) electrons. The smallest absolute Gasteiger partial charge is 0.461 e. The van der Waals surface area contributed by atoms with Crippen LogP contribution in [0.4, 0.5) is 5.82 Å². The summed E-state index contributed by atoms with van der Waals surface area (Å²) in [5, 5.41) is 2.74. The number of unbranched alkanes of at least 4 members (excludes halogenated alkanes) is 3. The van der Waals surface area contributed by atoms with Gasteiger partial charge in [-0.25, -0.2) is 15.0 Å². The van der Waals surface area contributed by atoms with Crippen molar-refractivity contribution in [3.05, 3.63) is 12.7 Å². The number of carbonyl (C=O) groups is 1. The SMILES string of the molecule is CCCCCCOC(=O)C(C)N[P+](=O)COC(C)Cn1cnc2c(N)ncnc21. The van der Waals surface area contributed by atoms with Gasteiger partial charge in [-0.1, -0.05) is 31.3 Å². The average molecular weight is 425 g/mol. The Labute approximate surface area is 171 Å². The van der Waals surface area contributed by atoms with Crippen LogP contribution in [0.2, 0.25) is 0 Å². The van der Waals surface area contributed by atoms with E-state index in [4.69, 9.17) is 15.2 Å². The molecule has 0 aliphatic heterocycles. The molecular weight excluding hydrogens is 395 g/mol. The number of nitrogens with one attached hydrogen (secondary N) is 1. The van der Waals surface area contributed by atoms with Crippen LogP contribution in [0.1, 0.15) is 46.5 Å². The highest BCUT2D eigenvalue weighted by Gasteiger charge is 2.26. The molecule has 3 unspecified atom stereocenters. The van der Waals surface area contributed by atoms with Crippen molar-refractivity contribution in [2.24, 2.45) is 0 Å². The molecule has 0 bridgehead atoms. The van der Waals surface area contributed by atoms with Crippen molar-refractivity contribution in [2.75, 3.05) is 18.7 Å². The Kier molecular flexibility index (Phi) is 9.37. The van der Waals surface area contributed by atoms with Gasteiger partial charge in [-0.05, 0) is 24.8 Å². The van der Waals surface area contributed by atoms with Gasteiger partial charge in [0.1, 0.15) is 17.9 Å². The number of carbonyl (C=O) groups excluding carboxylic acids is 1. The fraction of sp³-hybridized carbons (Fsp3) is 0.667. The van der Waals surface area contributed by atoms with Crippen LogP contribution in [0.25, 0.3) is 11.2 Å². The summed E-state index contributed by atoms with van der Waals surface area (Å²) < 4.78 is 24.8. The van der Waals surface area contributed by atoms with Crippen LogP contribution in [-0.2, 0) is 25.4 Å². The lowest BCUT2D eigenvalue weighted by Crippen LogP contribution is -2.32. The van der Waals surface area contributed by atoms with Gasteiger partial charge < -0.3 is 19.8 Å². The van der Waals surface area contributed by atoms with E-state index >= 15 is 0 Å². The summed E-state index contributed by atoms with van der Waals surface area (Å²) in [6, 6.07) is -0.652. The summed E-state index contributed by atoms with van der Waals surface area (Å²) in [5.74, 6) is -0.0825. The minimum Gasteiger partial charge on any atom is -0.464 e. The third kappa shape index (κ3) is 7.30. The van der Waals surface area contributed by atoms with E-state index in [2.05, 4.69) is 27.0 Å². The standard InChI is InChI=1S/C18H30N6O4P/c1-4-5-6-7-8-27-18(25)14(3)23-29(26)12-28-13(2)9-24-11-22-15-16(19)20-10-21-17(15)24/h10-11,13-14H,4-9,12H2,1-3H3,(H,23,26)(H2,19,20,21)/q+1. The predicted molar refractivity (Wildman–Crippen MR) is 110 cm³/mol. The second-order valence-corrected chi connectivity index (χ2v) is 8.17. The van der Waals surface area contributed by atoms with Crippen molar-refractivity contribution in [1.82, 2.24) is 24.6 Å². The van der Waals surface area contributed by atoms with Crippen molar-refractivity contribution < 1.29 is 18.8 Å². The lowest BCUT2D eigenvalue weighted by atomic mass is 10.2. The summed E-state index contributed by atoms with van der Waals surface area (Å²) in [4.78, 5) is 24.2. The third-order valence-electron chi connectivity index (χ3n) is 4.29. The van der Waals surface area contributed by atoms with Gasteiger partial charge >= 0.3 is 13.9 Å². The van der Waals surface area contributed by atoms with E-state index in [1.54, 1.807) is 17.8 Å². The molecule has 0 aromatic carbocycles. The molecule has 10 nitrogen and oxygen atoms in total. The maximum absolute atomic E-state index is 12.2. The first-order valence-corrected chi connectivity index (χ1v) is 11.3. The molecule has 0 aliphatic rings. The molecule has 3 N–H and O–H groups in total. The van der Waals surface area contributed by atoms with E-state index in [0.717, 1.165) is 25.7 Å². The minimum absolute atomic E-state index is 0.0195. The number of ether oxygens (including phenoxy) is 2. The zero-order chi connectivity index (χ0) is 21.2. The lowest BCUT2D eigenvalue weighted by molar-refractivity contribution is -0.145. The molecule has 2 aromatic rings. The molecule has 2 aromatic heterocycles. The molecule has 0 amide bonds. The summed E-state index contributed by atoms with van der Waals surface area (Å²) in [6.07, 6.45) is 6.87. The molecule has 0 saturated heterocycles. The number of rotatable bonds is 13. The highest BCUT2D eigenvalue weighted by atomic mass is 31.1. The molecule has 11 heteroatoms. The van der Waals surface area contributed by atoms with Crippen LogP contribution in [0.5, 0.6) is 0 Å². The molecule has 2 heterocycles. The van der Waals surface area contributed by atoms with Crippen molar-refractivity contribution in [3.8, 4) is 0 Å². The molecular formula is C18H30N6O4P+. The Bertz CT molecular complexity index is 815. The van der Waals surface area contributed by atoms with E-state index < -0.39 is 20.0 Å². The van der Waals surface area contributed by atoms with E-state index in [9.17, 15) is 9.36 Å². The number of aromatic nitrogens is 4. The molecule has 0 spiro atoms. The third-order valence-corrected chi connectivity index (χ3v) is 5.35. The fourth-order valence-corrected chi connectivity index (χ4v) is 3.69. The molecule has 3 atom stereocenters. The first-order valence-electron chi connectivity index (χ1n) is 9.82. The summed E-state index contributed by atoms with van der Waals surface area (Å²) in [5.41, 5.74) is 6.93. The zero-order valence-electron chi connectivity index (χ0n) is 17.2. The largest absolute Gasteiger partial charge is 0.464 e. The van der Waals surface area contributed by atoms with Crippen LogP contribution >= 0.6 is 7.95 Å². The Morgan fingerprint density at radius 1 is 1.28 bits per heavy atom. The monoisotopic (exact) mass is 425 g/mol. The van der Waals surface area contributed by atoms with E-state index in [1.807, 2.05) is 6.92 Å². The number of esters is 1. The maximum atomic E-state index is 12.2. The molecule has 0 fully saturated rings. The van der Waals surface area contributed by atoms with Crippen molar-refractivity contribution in [3.63, 3.8) is 0 Å². The highest BCUT2D eigenvalue weighted by molar-refractivity contribution is 7.42. The number of fused-ring (bicyclic) bond motifs is 1. The van der Waals surface area contributed by atoms with Crippen LogP contribution in [0.3, 0.4) is 0 Å². The Balaban J connectivity index is 1.71. The number of hydrogen-bond donors (Lipinski definition) is 2. The fourth-order valence-electron chi connectivity index (χ4n) is 2.69. The van der Waals surface area contributed by atoms with Gasteiger partial charge in [-0.3, -0.25) is 4.79 Å². The average Bonchev–Trinajstić information content (AvgIpc) is 3.10. The predicted octanol–water partition coefficient (Wildman–Crippen LogP) is 2.62. The van der Waals surface area contributed by atoms with E-state index in [-0.39, 0.29) is 12.5 Å². The summed E-state index contributed by atoms with van der Waals surface area (Å²) in [7, 11) is -1.91. The number of nitrogens with zero attached hydrogens (tertiary/aromatic N) is 4. The van der Waals surface area contributed by atoms with Gasteiger partial charge in [0.05, 0.1) is 25.6 Å². The number of nitrogens with two attached hydrogens (primary N) is 1. The number of imidazole rings is 1. The second-order valence-electron chi connectivity index (χ2n) is 6.89. The van der Waals surface area contributed by atoms with Crippen molar-refractivity contribution in [1.29, 1.82) is 0 Å². The normalized spacial score (nSPS) is 14.0. The van der Waals surface area contributed by atoms with Crippen molar-refractivity contribution in [2.45, 2.75) is 65.1 Å². The van der Waals surface area contributed by atoms with Gasteiger partial charge in [0.15, 0.2) is 11.5 Å². The Morgan fingerprint density at radius 2 is 2.07 bits per heavy atom. The summed E-state index contributed by atoms with van der Waals surface area (Å²) >= 11 is 0. The Hall–Kier alpha value is -2.16. The summed E-state index contributed by atoms with van der Waals surface area (Å²) in [6.45, 7) is 6.47. The van der Waals surface area contributed by atoms with Gasteiger partial charge in [0.25, 0.3) is 6.35 Å². The molecule has 0 aliphatic carbocycles. The second kappa shape index (κ2) is 11.7. The molecule has 160 valence electrons. The minimum atomic E-state index is -1.91. The van der Waals surface area contributed by atoms with E-state index in [1.165, 1.54) is 6.33 Å².